The minimum Gasteiger partial charge on any atom is -0.445 e. The maximum absolute atomic E-state index is 13.7. The Morgan fingerprint density at radius 3 is 2.54 bits per heavy atom. The van der Waals surface area contributed by atoms with Crippen molar-refractivity contribution in [2.45, 2.75) is 51.2 Å². The molecular weight excluding hydrogens is 467 g/mol. The molecule has 0 saturated carbocycles. The van der Waals surface area contributed by atoms with Crippen molar-refractivity contribution in [3.05, 3.63) is 88.3 Å². The Hall–Kier alpha value is -2.96. The highest BCUT2D eigenvalue weighted by Crippen LogP contribution is 2.35. The first kappa shape index (κ1) is 25.1. The smallest absolute Gasteiger partial charge is 0.410 e. The summed E-state index contributed by atoms with van der Waals surface area (Å²) in [4.78, 5) is 19.0. The lowest BCUT2D eigenvalue weighted by Gasteiger charge is -2.32. The lowest BCUT2D eigenvalue weighted by Crippen LogP contribution is -2.38. The van der Waals surface area contributed by atoms with Crippen LogP contribution < -0.4 is 0 Å². The summed E-state index contributed by atoms with van der Waals surface area (Å²) in [6.45, 7) is 5.06. The van der Waals surface area contributed by atoms with E-state index in [0.29, 0.717) is 36.5 Å². The number of hydrogen-bond donors (Lipinski definition) is 1. The minimum absolute atomic E-state index is 0.0285. The number of rotatable bonds is 6. The number of ether oxygens (including phenoxy) is 1. The van der Waals surface area contributed by atoms with Crippen molar-refractivity contribution in [2.24, 2.45) is 0 Å². The summed E-state index contributed by atoms with van der Waals surface area (Å²) in [6, 6.07) is 18.1. The van der Waals surface area contributed by atoms with Gasteiger partial charge in [-0.1, -0.05) is 48.9 Å². The average Bonchev–Trinajstić information content (AvgIpc) is 2.89. The first-order valence-corrected chi connectivity index (χ1v) is 12.3. The zero-order valence-corrected chi connectivity index (χ0v) is 20.8. The summed E-state index contributed by atoms with van der Waals surface area (Å²) in [5.41, 5.74) is 2.79. The van der Waals surface area contributed by atoms with Gasteiger partial charge in [0, 0.05) is 18.7 Å². The average molecular weight is 497 g/mol. The van der Waals surface area contributed by atoms with E-state index in [9.17, 15) is 14.3 Å². The molecule has 1 aliphatic heterocycles. The summed E-state index contributed by atoms with van der Waals surface area (Å²) < 4.78 is 19.2. The predicted octanol–water partition coefficient (Wildman–Crippen LogP) is 6.67. The predicted molar refractivity (Wildman–Crippen MR) is 135 cm³/mol. The number of likely N-dealkylation sites (tertiary alicyclic amines) is 1. The van der Waals surface area contributed by atoms with E-state index in [1.165, 1.54) is 6.07 Å². The number of aliphatic hydroxyl groups is 1. The van der Waals surface area contributed by atoms with E-state index in [4.69, 9.17) is 21.3 Å². The Bertz CT molecular complexity index is 1180. The fourth-order valence-corrected chi connectivity index (χ4v) is 4.43. The molecule has 1 amide bonds. The molecule has 1 N–H and O–H groups in total. The summed E-state index contributed by atoms with van der Waals surface area (Å²) in [5.74, 6) is -0.295. The van der Waals surface area contributed by atoms with Gasteiger partial charge in [0.25, 0.3) is 0 Å². The third-order valence-electron chi connectivity index (χ3n) is 6.73. The molecule has 7 heteroatoms. The lowest BCUT2D eigenvalue weighted by atomic mass is 9.86. The van der Waals surface area contributed by atoms with E-state index in [1.54, 1.807) is 24.0 Å². The number of hydrogen-bond acceptors (Lipinski definition) is 4. The molecule has 3 aromatic rings. The number of amides is 1. The van der Waals surface area contributed by atoms with Gasteiger partial charge in [-0.05, 0) is 73.6 Å². The molecule has 5 nitrogen and oxygen atoms in total. The minimum atomic E-state index is -1.10. The number of benzene rings is 2. The number of pyridine rings is 1. The lowest BCUT2D eigenvalue weighted by molar-refractivity contribution is 0.0485. The first-order chi connectivity index (χ1) is 16.8. The van der Waals surface area contributed by atoms with Gasteiger partial charge in [0.2, 0.25) is 0 Å². The highest BCUT2D eigenvalue weighted by Gasteiger charge is 2.28. The van der Waals surface area contributed by atoms with Crippen LogP contribution in [0, 0.1) is 5.82 Å². The van der Waals surface area contributed by atoms with Crippen molar-refractivity contribution in [1.82, 2.24) is 9.88 Å². The van der Waals surface area contributed by atoms with Crippen molar-refractivity contribution >= 4 is 17.7 Å². The third kappa shape index (κ3) is 6.00. The molecule has 0 radical (unpaired) electrons. The fraction of sp³-hybridized carbons (Fsp3) is 0.357. The molecule has 1 aliphatic rings. The maximum Gasteiger partial charge on any atom is 0.410 e. The number of nitrogens with zero attached hydrogens (tertiary/aromatic N) is 2. The molecule has 1 aromatic heterocycles. The Kier molecular flexibility index (Phi) is 7.72. The monoisotopic (exact) mass is 496 g/mol. The highest BCUT2D eigenvalue weighted by atomic mass is 35.5. The van der Waals surface area contributed by atoms with Crippen molar-refractivity contribution in [3.63, 3.8) is 0 Å². The van der Waals surface area contributed by atoms with Crippen LogP contribution in [0.4, 0.5) is 9.18 Å². The second-order valence-corrected chi connectivity index (χ2v) is 9.64. The second-order valence-electron chi connectivity index (χ2n) is 9.23. The molecule has 1 unspecified atom stereocenters. The van der Waals surface area contributed by atoms with Crippen molar-refractivity contribution in [3.8, 4) is 11.3 Å². The third-order valence-corrected chi connectivity index (χ3v) is 7.02. The van der Waals surface area contributed by atoms with Crippen LogP contribution >= 0.6 is 11.6 Å². The summed E-state index contributed by atoms with van der Waals surface area (Å²) in [7, 11) is 0. The van der Waals surface area contributed by atoms with Gasteiger partial charge in [0.05, 0.1) is 16.4 Å². The SMILES string of the molecule is CCC(C)(O)c1cc(C2CCN(C(=O)OCc3ccccc3)CC2)cc(-c2ccc(F)c(Cl)c2)n1. The van der Waals surface area contributed by atoms with Crippen LogP contribution in [0.25, 0.3) is 11.3 Å². The van der Waals surface area contributed by atoms with Crippen LogP contribution in [0.15, 0.2) is 60.7 Å². The number of aromatic nitrogens is 1. The molecule has 0 aliphatic carbocycles. The molecule has 35 heavy (non-hydrogen) atoms. The van der Waals surface area contributed by atoms with Crippen LogP contribution in [0.3, 0.4) is 0 Å². The number of halogens is 2. The first-order valence-electron chi connectivity index (χ1n) is 11.9. The topological polar surface area (TPSA) is 62.7 Å². The molecule has 4 rings (SSSR count). The van der Waals surface area contributed by atoms with Crippen LogP contribution in [0.5, 0.6) is 0 Å². The summed E-state index contributed by atoms with van der Waals surface area (Å²) in [6.07, 6.45) is 1.72. The molecular formula is C28H30ClFN2O3. The van der Waals surface area contributed by atoms with Crippen LogP contribution in [0.2, 0.25) is 5.02 Å². The molecule has 0 spiro atoms. The maximum atomic E-state index is 13.7. The van der Waals surface area contributed by atoms with Gasteiger partial charge < -0.3 is 14.7 Å². The van der Waals surface area contributed by atoms with Crippen LogP contribution in [0.1, 0.15) is 55.8 Å². The standard InChI is InChI=1S/C28H30ClFN2O3/c1-3-28(2,34)26-17-22(16-25(31-26)21-9-10-24(30)23(29)15-21)20-11-13-32(14-12-20)27(33)35-18-19-7-5-4-6-8-19/h4-10,15-17,20,34H,3,11-14,18H2,1-2H3. The van der Waals surface area contributed by atoms with Crippen molar-refractivity contribution < 1.29 is 19.0 Å². The number of carbonyl (C=O) groups is 1. The van der Waals surface area contributed by atoms with E-state index < -0.39 is 11.4 Å². The fourth-order valence-electron chi connectivity index (χ4n) is 4.25. The summed E-state index contributed by atoms with van der Waals surface area (Å²) in [5, 5.41) is 11.0. The zero-order chi connectivity index (χ0) is 25.0. The molecule has 1 saturated heterocycles. The van der Waals surface area contributed by atoms with Gasteiger partial charge in [-0.25, -0.2) is 14.2 Å². The van der Waals surface area contributed by atoms with Gasteiger partial charge in [-0.15, -0.1) is 0 Å². The summed E-state index contributed by atoms with van der Waals surface area (Å²) >= 11 is 6.02. The molecule has 2 aromatic carbocycles. The van der Waals surface area contributed by atoms with E-state index in [0.717, 1.165) is 24.0 Å². The number of piperidine rings is 1. The normalized spacial score (nSPS) is 16.1. The van der Waals surface area contributed by atoms with Crippen LogP contribution in [-0.2, 0) is 16.9 Å². The second kappa shape index (κ2) is 10.8. The van der Waals surface area contributed by atoms with Crippen molar-refractivity contribution in [2.75, 3.05) is 13.1 Å². The molecule has 1 atom stereocenters. The van der Waals surface area contributed by atoms with Gasteiger partial charge >= 0.3 is 6.09 Å². The Balaban J connectivity index is 1.50. The molecule has 2 heterocycles. The van der Waals surface area contributed by atoms with E-state index in [1.807, 2.05) is 49.4 Å². The van der Waals surface area contributed by atoms with Gasteiger partial charge in [-0.2, -0.15) is 0 Å². The zero-order valence-electron chi connectivity index (χ0n) is 20.0. The quantitative estimate of drug-likeness (QED) is 0.413. The van der Waals surface area contributed by atoms with Crippen LogP contribution in [-0.4, -0.2) is 34.2 Å². The van der Waals surface area contributed by atoms with E-state index >= 15 is 0 Å². The Morgan fingerprint density at radius 1 is 1.17 bits per heavy atom. The molecule has 1 fully saturated rings. The molecule has 184 valence electrons. The van der Waals surface area contributed by atoms with Crippen molar-refractivity contribution in [1.29, 1.82) is 0 Å². The number of carbonyl (C=O) groups excluding carboxylic acids is 1. The Labute approximate surface area is 210 Å². The largest absolute Gasteiger partial charge is 0.445 e. The van der Waals surface area contributed by atoms with Gasteiger partial charge in [0.1, 0.15) is 18.0 Å². The highest BCUT2D eigenvalue weighted by molar-refractivity contribution is 6.31. The Morgan fingerprint density at radius 2 is 1.89 bits per heavy atom. The molecule has 0 bridgehead atoms. The van der Waals surface area contributed by atoms with Gasteiger partial charge in [-0.3, -0.25) is 0 Å². The van der Waals surface area contributed by atoms with E-state index in [2.05, 4.69) is 0 Å². The van der Waals surface area contributed by atoms with Gasteiger partial charge in [0.15, 0.2) is 0 Å². The van der Waals surface area contributed by atoms with E-state index in [-0.39, 0.29) is 23.6 Å².